The van der Waals surface area contributed by atoms with E-state index in [1.807, 2.05) is 12.1 Å². The van der Waals surface area contributed by atoms with Gasteiger partial charge in [-0.2, -0.15) is 0 Å². The van der Waals surface area contributed by atoms with E-state index in [9.17, 15) is 8.76 Å². The topological polar surface area (TPSA) is 71.5 Å². The Morgan fingerprint density at radius 1 is 1.12 bits per heavy atom. The molecular formula is C18H15ClN2O3S. The third-order valence-electron chi connectivity index (χ3n) is 3.40. The van der Waals surface area contributed by atoms with Crippen LogP contribution in [0.5, 0.6) is 11.5 Å². The summed E-state index contributed by atoms with van der Waals surface area (Å²) >= 11 is 3.88. The Morgan fingerprint density at radius 3 is 2.72 bits per heavy atom. The summed E-state index contributed by atoms with van der Waals surface area (Å²) in [4.78, 5) is 4.32. The first-order chi connectivity index (χ1) is 12.1. The molecule has 0 saturated carbocycles. The van der Waals surface area contributed by atoms with Gasteiger partial charge in [0, 0.05) is 23.5 Å². The number of anilines is 1. The zero-order valence-corrected chi connectivity index (χ0v) is 14.6. The Bertz CT molecular complexity index is 890. The molecule has 0 radical (unpaired) electrons. The van der Waals surface area contributed by atoms with Crippen LogP contribution < -0.4 is 10.1 Å². The summed E-state index contributed by atoms with van der Waals surface area (Å²) in [5, 5.41) is 3.81. The SMILES string of the molecule is O=S(O)c1ccc(Oc2cccnc2)cc1CNc1cccc(Cl)c1. The van der Waals surface area contributed by atoms with Crippen LogP contribution in [-0.2, 0) is 17.6 Å². The lowest BCUT2D eigenvalue weighted by Gasteiger charge is -2.12. The molecule has 128 valence electrons. The average Bonchev–Trinajstić information content (AvgIpc) is 2.61. The maximum Gasteiger partial charge on any atom is 0.186 e. The number of rotatable bonds is 6. The van der Waals surface area contributed by atoms with Gasteiger partial charge in [0.2, 0.25) is 0 Å². The van der Waals surface area contributed by atoms with Crippen LogP contribution in [-0.4, -0.2) is 13.7 Å². The monoisotopic (exact) mass is 374 g/mol. The second-order valence-electron chi connectivity index (χ2n) is 5.17. The fourth-order valence-electron chi connectivity index (χ4n) is 2.27. The first-order valence-corrected chi connectivity index (χ1v) is 8.91. The van der Waals surface area contributed by atoms with E-state index in [1.54, 1.807) is 54.9 Å². The smallest absolute Gasteiger partial charge is 0.186 e. The predicted octanol–water partition coefficient (Wildman–Crippen LogP) is 4.72. The van der Waals surface area contributed by atoms with Crippen molar-refractivity contribution in [2.75, 3.05) is 5.32 Å². The highest BCUT2D eigenvalue weighted by atomic mass is 35.5. The highest BCUT2D eigenvalue weighted by molar-refractivity contribution is 7.79. The van der Waals surface area contributed by atoms with Gasteiger partial charge in [-0.15, -0.1) is 0 Å². The van der Waals surface area contributed by atoms with E-state index in [2.05, 4.69) is 10.3 Å². The highest BCUT2D eigenvalue weighted by Crippen LogP contribution is 2.26. The quantitative estimate of drug-likeness (QED) is 0.611. The van der Waals surface area contributed by atoms with Crippen LogP contribution in [0, 0.1) is 0 Å². The van der Waals surface area contributed by atoms with Crippen LogP contribution in [0.4, 0.5) is 5.69 Å². The number of nitrogens with zero attached hydrogens (tertiary/aromatic N) is 1. The summed E-state index contributed by atoms with van der Waals surface area (Å²) in [5.41, 5.74) is 1.47. The minimum Gasteiger partial charge on any atom is -0.456 e. The Morgan fingerprint density at radius 2 is 2.00 bits per heavy atom. The average molecular weight is 375 g/mol. The van der Waals surface area contributed by atoms with Gasteiger partial charge in [-0.25, -0.2) is 4.21 Å². The molecule has 0 spiro atoms. The van der Waals surface area contributed by atoms with E-state index in [0.717, 1.165) is 5.69 Å². The van der Waals surface area contributed by atoms with Crippen molar-refractivity contribution in [3.63, 3.8) is 0 Å². The van der Waals surface area contributed by atoms with Gasteiger partial charge in [-0.1, -0.05) is 17.7 Å². The number of aromatic nitrogens is 1. The van der Waals surface area contributed by atoms with Crippen molar-refractivity contribution in [2.24, 2.45) is 0 Å². The highest BCUT2D eigenvalue weighted by Gasteiger charge is 2.10. The van der Waals surface area contributed by atoms with E-state index in [1.165, 1.54) is 0 Å². The zero-order valence-electron chi connectivity index (χ0n) is 13.1. The van der Waals surface area contributed by atoms with Gasteiger partial charge in [-0.3, -0.25) is 4.98 Å². The summed E-state index contributed by atoms with van der Waals surface area (Å²) in [6.07, 6.45) is 3.26. The number of ether oxygens (including phenoxy) is 1. The minimum atomic E-state index is -2.09. The molecule has 2 N–H and O–H groups in total. The summed E-state index contributed by atoms with van der Waals surface area (Å²) in [7, 11) is 0. The van der Waals surface area contributed by atoms with Crippen LogP contribution in [0.15, 0.2) is 71.9 Å². The van der Waals surface area contributed by atoms with Crippen molar-refractivity contribution in [2.45, 2.75) is 11.4 Å². The molecule has 0 saturated heterocycles. The van der Waals surface area contributed by atoms with Crippen LogP contribution in [0.1, 0.15) is 5.56 Å². The van der Waals surface area contributed by atoms with Gasteiger partial charge in [0.15, 0.2) is 11.1 Å². The second kappa shape index (κ2) is 8.11. The summed E-state index contributed by atoms with van der Waals surface area (Å²) in [6, 6.07) is 15.8. The summed E-state index contributed by atoms with van der Waals surface area (Å²) in [5.74, 6) is 1.15. The summed E-state index contributed by atoms with van der Waals surface area (Å²) < 4.78 is 26.8. The van der Waals surface area contributed by atoms with Crippen molar-refractivity contribution in [3.05, 3.63) is 77.6 Å². The molecule has 0 bridgehead atoms. The van der Waals surface area contributed by atoms with E-state index in [0.29, 0.717) is 33.5 Å². The minimum absolute atomic E-state index is 0.327. The molecule has 1 atom stereocenters. The van der Waals surface area contributed by atoms with E-state index in [4.69, 9.17) is 16.3 Å². The molecule has 1 unspecified atom stereocenters. The molecule has 0 aliphatic heterocycles. The molecule has 5 nitrogen and oxygen atoms in total. The first-order valence-electron chi connectivity index (χ1n) is 7.43. The summed E-state index contributed by atoms with van der Waals surface area (Å²) in [6.45, 7) is 0.353. The lowest BCUT2D eigenvalue weighted by Crippen LogP contribution is -2.04. The van der Waals surface area contributed by atoms with Gasteiger partial charge >= 0.3 is 0 Å². The molecule has 3 rings (SSSR count). The van der Waals surface area contributed by atoms with Crippen molar-refractivity contribution in [1.82, 2.24) is 4.98 Å². The normalized spacial score (nSPS) is 11.8. The van der Waals surface area contributed by atoms with E-state index < -0.39 is 11.1 Å². The first kappa shape index (κ1) is 17.4. The zero-order chi connectivity index (χ0) is 17.6. The molecule has 0 amide bonds. The number of halogens is 1. The van der Waals surface area contributed by atoms with E-state index >= 15 is 0 Å². The van der Waals surface area contributed by atoms with Crippen LogP contribution >= 0.6 is 11.6 Å². The van der Waals surface area contributed by atoms with Gasteiger partial charge in [0.05, 0.1) is 11.1 Å². The van der Waals surface area contributed by atoms with Crippen LogP contribution in [0.3, 0.4) is 0 Å². The molecule has 7 heteroatoms. The number of benzene rings is 2. The molecule has 2 aromatic carbocycles. The number of hydrogen-bond donors (Lipinski definition) is 2. The van der Waals surface area contributed by atoms with Gasteiger partial charge < -0.3 is 14.6 Å². The maximum atomic E-state index is 11.6. The predicted molar refractivity (Wildman–Crippen MR) is 98.6 cm³/mol. The Labute approximate surface area is 152 Å². The fraction of sp³-hybridized carbons (Fsp3) is 0.0556. The number of pyridine rings is 1. The van der Waals surface area contributed by atoms with Crippen LogP contribution in [0.25, 0.3) is 0 Å². The third-order valence-corrected chi connectivity index (χ3v) is 4.41. The molecule has 0 aliphatic carbocycles. The number of hydrogen-bond acceptors (Lipinski definition) is 4. The van der Waals surface area contributed by atoms with Crippen LogP contribution in [0.2, 0.25) is 5.02 Å². The van der Waals surface area contributed by atoms with Crippen molar-refractivity contribution in [3.8, 4) is 11.5 Å². The maximum absolute atomic E-state index is 11.6. The molecular weight excluding hydrogens is 360 g/mol. The lowest BCUT2D eigenvalue weighted by molar-refractivity contribution is 0.479. The Kier molecular flexibility index (Phi) is 5.65. The Balaban J connectivity index is 1.82. The van der Waals surface area contributed by atoms with Gasteiger partial charge in [0.1, 0.15) is 11.5 Å². The largest absolute Gasteiger partial charge is 0.456 e. The molecule has 0 aliphatic rings. The van der Waals surface area contributed by atoms with Gasteiger partial charge in [-0.05, 0) is 54.1 Å². The fourth-order valence-corrected chi connectivity index (χ4v) is 3.00. The molecule has 25 heavy (non-hydrogen) atoms. The molecule has 1 aromatic heterocycles. The standard InChI is InChI=1S/C18H15ClN2O3S/c19-14-3-1-4-15(10-14)21-11-13-9-16(6-7-18(13)25(22)23)24-17-5-2-8-20-12-17/h1-10,12,21H,11H2,(H,22,23). The Hall–Kier alpha value is -2.41. The lowest BCUT2D eigenvalue weighted by atomic mass is 10.2. The van der Waals surface area contributed by atoms with Crippen molar-refractivity contribution in [1.29, 1.82) is 0 Å². The molecule has 1 heterocycles. The van der Waals surface area contributed by atoms with Crippen molar-refractivity contribution >= 4 is 28.4 Å². The van der Waals surface area contributed by atoms with Gasteiger partial charge in [0.25, 0.3) is 0 Å². The van der Waals surface area contributed by atoms with E-state index in [-0.39, 0.29) is 0 Å². The molecule has 3 aromatic rings. The second-order valence-corrected chi connectivity index (χ2v) is 6.55. The number of nitrogens with one attached hydrogen (secondary N) is 1. The van der Waals surface area contributed by atoms with Crippen molar-refractivity contribution < 1.29 is 13.5 Å². The third kappa shape index (κ3) is 4.79. The molecule has 0 fully saturated rings.